The summed E-state index contributed by atoms with van der Waals surface area (Å²) in [5.41, 5.74) is 6.05. The summed E-state index contributed by atoms with van der Waals surface area (Å²) in [6.45, 7) is 0. The molecule has 0 saturated carbocycles. The quantitative estimate of drug-likeness (QED) is 0.927. The van der Waals surface area contributed by atoms with Gasteiger partial charge in [-0.15, -0.1) is 0 Å². The first-order valence-corrected chi connectivity index (χ1v) is 6.10. The van der Waals surface area contributed by atoms with Crippen LogP contribution in [0.15, 0.2) is 59.6 Å². The predicted octanol–water partition coefficient (Wildman–Crippen LogP) is 2.39. The van der Waals surface area contributed by atoms with Gasteiger partial charge in [0, 0.05) is 5.56 Å². The monoisotopic (exact) mass is 268 g/mol. The summed E-state index contributed by atoms with van der Waals surface area (Å²) in [5.74, 6) is 0.939. The van der Waals surface area contributed by atoms with Crippen molar-refractivity contribution in [1.82, 2.24) is 0 Å². The highest BCUT2D eigenvalue weighted by Gasteiger charge is 2.29. The highest BCUT2D eigenvalue weighted by molar-refractivity contribution is 5.98. The molecule has 20 heavy (non-hydrogen) atoms. The smallest absolute Gasteiger partial charge is 0.296 e. The molecule has 3 rings (SSSR count). The molecule has 1 aliphatic heterocycles. The van der Waals surface area contributed by atoms with Crippen molar-refractivity contribution in [3.63, 3.8) is 0 Å². The number of amides is 1. The van der Waals surface area contributed by atoms with Crippen LogP contribution in [-0.4, -0.2) is 11.9 Å². The van der Waals surface area contributed by atoms with Crippen LogP contribution in [0.25, 0.3) is 0 Å². The molecular formula is C15H12N2O3. The Labute approximate surface area is 115 Å². The summed E-state index contributed by atoms with van der Waals surface area (Å²) < 4.78 is 10.9. The first-order valence-electron chi connectivity index (χ1n) is 6.10. The molecule has 1 heterocycles. The molecule has 0 aliphatic carbocycles. The van der Waals surface area contributed by atoms with Crippen molar-refractivity contribution in [3.05, 3.63) is 60.2 Å². The number of benzene rings is 2. The third-order valence-electron chi connectivity index (χ3n) is 2.82. The second-order valence-corrected chi connectivity index (χ2v) is 4.27. The average Bonchev–Trinajstić information content (AvgIpc) is 2.79. The largest absolute Gasteiger partial charge is 0.457 e. The molecule has 1 amide bonds. The van der Waals surface area contributed by atoms with Crippen molar-refractivity contribution in [2.24, 2.45) is 10.7 Å². The van der Waals surface area contributed by atoms with Crippen LogP contribution in [0.4, 0.5) is 0 Å². The fourth-order valence-corrected chi connectivity index (χ4v) is 1.94. The zero-order chi connectivity index (χ0) is 13.9. The van der Waals surface area contributed by atoms with Gasteiger partial charge in [0.05, 0.1) is 0 Å². The van der Waals surface area contributed by atoms with E-state index < -0.39 is 12.0 Å². The Hall–Kier alpha value is -2.82. The third-order valence-corrected chi connectivity index (χ3v) is 2.82. The minimum Gasteiger partial charge on any atom is -0.457 e. The number of ether oxygens (including phenoxy) is 2. The molecule has 2 aromatic carbocycles. The SMILES string of the molecule is NC1=NC(=O)C(c2cccc(Oc3ccccc3)c2)O1. The van der Waals surface area contributed by atoms with Gasteiger partial charge in [0.2, 0.25) is 6.10 Å². The van der Waals surface area contributed by atoms with E-state index in [0.29, 0.717) is 11.3 Å². The van der Waals surface area contributed by atoms with Gasteiger partial charge < -0.3 is 15.2 Å². The van der Waals surface area contributed by atoms with E-state index in [2.05, 4.69) is 4.99 Å². The first-order chi connectivity index (χ1) is 9.72. The van der Waals surface area contributed by atoms with Gasteiger partial charge in [-0.1, -0.05) is 30.3 Å². The van der Waals surface area contributed by atoms with Crippen molar-refractivity contribution < 1.29 is 14.3 Å². The Balaban J connectivity index is 1.82. The van der Waals surface area contributed by atoms with Crippen LogP contribution in [0.2, 0.25) is 0 Å². The maximum absolute atomic E-state index is 11.6. The molecule has 1 unspecified atom stereocenters. The molecule has 100 valence electrons. The van der Waals surface area contributed by atoms with E-state index in [0.717, 1.165) is 5.75 Å². The van der Waals surface area contributed by atoms with Gasteiger partial charge in [-0.25, -0.2) is 0 Å². The third kappa shape index (κ3) is 2.47. The van der Waals surface area contributed by atoms with Crippen LogP contribution >= 0.6 is 0 Å². The van der Waals surface area contributed by atoms with Gasteiger partial charge in [0.15, 0.2) is 0 Å². The molecular weight excluding hydrogens is 256 g/mol. The Morgan fingerprint density at radius 1 is 1.05 bits per heavy atom. The molecule has 2 aromatic rings. The molecule has 0 fully saturated rings. The number of carbonyl (C=O) groups is 1. The lowest BCUT2D eigenvalue weighted by Crippen LogP contribution is -2.13. The topological polar surface area (TPSA) is 73.9 Å². The second-order valence-electron chi connectivity index (χ2n) is 4.27. The highest BCUT2D eigenvalue weighted by atomic mass is 16.5. The van der Waals surface area contributed by atoms with Crippen LogP contribution in [0.1, 0.15) is 11.7 Å². The number of hydrogen-bond acceptors (Lipinski definition) is 4. The van der Waals surface area contributed by atoms with Gasteiger partial charge in [-0.05, 0) is 24.3 Å². The number of carbonyl (C=O) groups excluding carboxylic acids is 1. The minimum atomic E-state index is -0.783. The van der Waals surface area contributed by atoms with Crippen molar-refractivity contribution >= 4 is 11.9 Å². The maximum atomic E-state index is 11.6. The highest BCUT2D eigenvalue weighted by Crippen LogP contribution is 2.28. The molecule has 1 aliphatic rings. The number of rotatable bonds is 3. The maximum Gasteiger partial charge on any atom is 0.296 e. The van der Waals surface area contributed by atoms with Crippen molar-refractivity contribution in [1.29, 1.82) is 0 Å². The summed E-state index contributed by atoms with van der Waals surface area (Å²) in [6.07, 6.45) is -0.783. The first kappa shape index (κ1) is 12.2. The number of hydrogen-bond donors (Lipinski definition) is 1. The minimum absolute atomic E-state index is 0.102. The Morgan fingerprint density at radius 3 is 2.50 bits per heavy atom. The zero-order valence-corrected chi connectivity index (χ0v) is 10.5. The predicted molar refractivity (Wildman–Crippen MR) is 73.4 cm³/mol. The standard InChI is InChI=1S/C15H12N2O3/c16-15-17-14(18)13(20-15)10-5-4-8-12(9-10)19-11-6-2-1-3-7-11/h1-9,13H,(H2,16,17,18). The summed E-state index contributed by atoms with van der Waals surface area (Å²) in [4.78, 5) is 15.2. The van der Waals surface area contributed by atoms with Crippen molar-refractivity contribution in [2.75, 3.05) is 0 Å². The number of para-hydroxylation sites is 1. The van der Waals surface area contributed by atoms with E-state index in [1.54, 1.807) is 24.3 Å². The van der Waals surface area contributed by atoms with Crippen LogP contribution in [0, 0.1) is 0 Å². The Kier molecular flexibility index (Phi) is 3.09. The van der Waals surface area contributed by atoms with Gasteiger partial charge in [-0.3, -0.25) is 4.79 Å². The molecule has 2 N–H and O–H groups in total. The fraction of sp³-hybridized carbons (Fsp3) is 0.0667. The van der Waals surface area contributed by atoms with Crippen molar-refractivity contribution in [2.45, 2.75) is 6.10 Å². The molecule has 5 nitrogen and oxygen atoms in total. The van der Waals surface area contributed by atoms with Crippen molar-refractivity contribution in [3.8, 4) is 11.5 Å². The van der Waals surface area contributed by atoms with Gasteiger partial charge in [-0.2, -0.15) is 4.99 Å². The molecule has 0 spiro atoms. The summed E-state index contributed by atoms with van der Waals surface area (Å²) in [6, 6.07) is 16.4. The molecule has 5 heteroatoms. The molecule has 1 atom stereocenters. The summed E-state index contributed by atoms with van der Waals surface area (Å²) in [7, 11) is 0. The van der Waals surface area contributed by atoms with E-state index in [-0.39, 0.29) is 6.02 Å². The Bertz CT molecular complexity index is 668. The van der Waals surface area contributed by atoms with Crippen LogP contribution < -0.4 is 10.5 Å². The number of aliphatic imine (C=N–C) groups is 1. The average molecular weight is 268 g/mol. The van der Waals surface area contributed by atoms with E-state index in [4.69, 9.17) is 15.2 Å². The lowest BCUT2D eigenvalue weighted by atomic mass is 10.1. The Morgan fingerprint density at radius 2 is 1.80 bits per heavy atom. The number of nitrogens with two attached hydrogens (primary N) is 1. The lowest BCUT2D eigenvalue weighted by molar-refractivity contribution is -0.122. The molecule has 0 bridgehead atoms. The zero-order valence-electron chi connectivity index (χ0n) is 10.5. The number of nitrogens with zero attached hydrogens (tertiary/aromatic N) is 1. The van der Waals surface area contributed by atoms with Crippen LogP contribution in [0.5, 0.6) is 11.5 Å². The lowest BCUT2D eigenvalue weighted by Gasteiger charge is -2.11. The molecule has 0 aromatic heterocycles. The van der Waals surface area contributed by atoms with E-state index in [9.17, 15) is 4.79 Å². The van der Waals surface area contributed by atoms with E-state index >= 15 is 0 Å². The van der Waals surface area contributed by atoms with Crippen LogP contribution in [-0.2, 0) is 9.53 Å². The molecule has 0 radical (unpaired) electrons. The van der Waals surface area contributed by atoms with Gasteiger partial charge in [0.25, 0.3) is 11.9 Å². The van der Waals surface area contributed by atoms with Crippen LogP contribution in [0.3, 0.4) is 0 Å². The van der Waals surface area contributed by atoms with Gasteiger partial charge >= 0.3 is 0 Å². The normalized spacial score (nSPS) is 17.5. The number of amidine groups is 1. The fourth-order valence-electron chi connectivity index (χ4n) is 1.94. The second kappa shape index (κ2) is 5.05. The van der Waals surface area contributed by atoms with E-state index in [1.165, 1.54) is 0 Å². The summed E-state index contributed by atoms with van der Waals surface area (Å²) >= 11 is 0. The molecule has 0 saturated heterocycles. The van der Waals surface area contributed by atoms with E-state index in [1.807, 2.05) is 30.3 Å². The van der Waals surface area contributed by atoms with Gasteiger partial charge in [0.1, 0.15) is 11.5 Å². The summed E-state index contributed by atoms with van der Waals surface area (Å²) in [5, 5.41) is 0.